The highest BCUT2D eigenvalue weighted by molar-refractivity contribution is 6.03. The Kier molecular flexibility index (Phi) is 5.95. The number of esters is 1. The van der Waals surface area contributed by atoms with Gasteiger partial charge in [-0.3, -0.25) is 19.3 Å². The molecular formula is C13H21NO5. The average molecular weight is 271 g/mol. The predicted molar refractivity (Wildman–Crippen MR) is 67.1 cm³/mol. The normalized spacial score (nSPS) is 19.4. The minimum absolute atomic E-state index is 0.139. The SMILES string of the molecule is CC(C)C(=O)OCCOCCN1C(=O)CC(C)C1=O. The van der Waals surface area contributed by atoms with Crippen LogP contribution in [0, 0.1) is 11.8 Å². The van der Waals surface area contributed by atoms with E-state index in [1.165, 1.54) is 4.90 Å². The molecule has 6 heteroatoms. The molecule has 0 N–H and O–H groups in total. The zero-order valence-corrected chi connectivity index (χ0v) is 11.7. The average Bonchev–Trinajstić information content (AvgIpc) is 2.58. The van der Waals surface area contributed by atoms with E-state index < -0.39 is 0 Å². The summed E-state index contributed by atoms with van der Waals surface area (Å²) in [6.45, 7) is 6.25. The molecule has 1 fully saturated rings. The van der Waals surface area contributed by atoms with Gasteiger partial charge in [-0.05, 0) is 0 Å². The van der Waals surface area contributed by atoms with Gasteiger partial charge in [0.1, 0.15) is 6.61 Å². The molecule has 0 saturated carbocycles. The lowest BCUT2D eigenvalue weighted by molar-refractivity contribution is -0.148. The summed E-state index contributed by atoms with van der Waals surface area (Å²) in [4.78, 5) is 35.4. The van der Waals surface area contributed by atoms with Gasteiger partial charge in [-0.25, -0.2) is 0 Å². The van der Waals surface area contributed by atoms with Gasteiger partial charge in [0.05, 0.1) is 25.7 Å². The minimum Gasteiger partial charge on any atom is -0.463 e. The van der Waals surface area contributed by atoms with Crippen LogP contribution in [0.15, 0.2) is 0 Å². The van der Waals surface area contributed by atoms with E-state index in [1.54, 1.807) is 20.8 Å². The Bertz CT molecular complexity index is 353. The topological polar surface area (TPSA) is 72.9 Å². The first kappa shape index (κ1) is 15.6. The first-order chi connectivity index (χ1) is 8.93. The molecule has 0 aromatic rings. The molecule has 0 spiro atoms. The molecule has 1 saturated heterocycles. The van der Waals surface area contributed by atoms with Crippen LogP contribution in [0.2, 0.25) is 0 Å². The zero-order chi connectivity index (χ0) is 14.4. The number of hydrogen-bond donors (Lipinski definition) is 0. The van der Waals surface area contributed by atoms with Crippen LogP contribution >= 0.6 is 0 Å². The van der Waals surface area contributed by atoms with Crippen molar-refractivity contribution >= 4 is 17.8 Å². The van der Waals surface area contributed by atoms with E-state index >= 15 is 0 Å². The predicted octanol–water partition coefficient (Wildman–Crippen LogP) is 0.597. The maximum atomic E-state index is 11.6. The number of imide groups is 1. The van der Waals surface area contributed by atoms with E-state index in [4.69, 9.17) is 9.47 Å². The fourth-order valence-corrected chi connectivity index (χ4v) is 1.71. The second-order valence-electron chi connectivity index (χ2n) is 4.92. The van der Waals surface area contributed by atoms with Gasteiger partial charge >= 0.3 is 5.97 Å². The Morgan fingerprint density at radius 3 is 2.53 bits per heavy atom. The highest BCUT2D eigenvalue weighted by Gasteiger charge is 2.34. The third-order valence-corrected chi connectivity index (χ3v) is 2.87. The third kappa shape index (κ3) is 4.63. The first-order valence-corrected chi connectivity index (χ1v) is 6.52. The molecule has 1 aliphatic rings. The van der Waals surface area contributed by atoms with Gasteiger partial charge in [-0.15, -0.1) is 0 Å². The van der Waals surface area contributed by atoms with Crippen molar-refractivity contribution in [1.82, 2.24) is 4.90 Å². The summed E-state index contributed by atoms with van der Waals surface area (Å²) in [7, 11) is 0. The van der Waals surface area contributed by atoms with Gasteiger partial charge in [0.2, 0.25) is 11.8 Å². The number of carbonyl (C=O) groups excluding carboxylic acids is 3. The lowest BCUT2D eigenvalue weighted by Gasteiger charge is -2.14. The van der Waals surface area contributed by atoms with E-state index in [9.17, 15) is 14.4 Å². The second kappa shape index (κ2) is 7.23. The van der Waals surface area contributed by atoms with Crippen molar-refractivity contribution in [1.29, 1.82) is 0 Å². The van der Waals surface area contributed by atoms with Crippen LogP contribution in [0.1, 0.15) is 27.2 Å². The Balaban J connectivity index is 2.10. The van der Waals surface area contributed by atoms with Crippen LogP contribution in [0.5, 0.6) is 0 Å². The summed E-state index contributed by atoms with van der Waals surface area (Å²) in [5.74, 6) is -0.921. The smallest absolute Gasteiger partial charge is 0.308 e. The standard InChI is InChI=1S/C13H21NO5/c1-9(2)13(17)19-7-6-18-5-4-14-11(15)8-10(3)12(14)16/h9-10H,4-8H2,1-3H3. The maximum absolute atomic E-state index is 11.6. The Labute approximate surface area is 113 Å². The van der Waals surface area contributed by atoms with Crippen LogP contribution < -0.4 is 0 Å². The number of likely N-dealkylation sites (tertiary alicyclic amines) is 1. The summed E-state index contributed by atoms with van der Waals surface area (Å²) >= 11 is 0. The monoisotopic (exact) mass is 271 g/mol. The molecule has 0 aliphatic carbocycles. The van der Waals surface area contributed by atoms with Crippen LogP contribution in [0.3, 0.4) is 0 Å². The first-order valence-electron chi connectivity index (χ1n) is 6.52. The largest absolute Gasteiger partial charge is 0.463 e. The van der Waals surface area contributed by atoms with Crippen molar-refractivity contribution in [3.8, 4) is 0 Å². The summed E-state index contributed by atoms with van der Waals surface area (Å²) in [6, 6.07) is 0. The van der Waals surface area contributed by atoms with E-state index in [1.807, 2.05) is 0 Å². The van der Waals surface area contributed by atoms with Crippen molar-refractivity contribution in [3.05, 3.63) is 0 Å². The summed E-state index contributed by atoms with van der Waals surface area (Å²) in [6.07, 6.45) is 0.283. The molecule has 6 nitrogen and oxygen atoms in total. The van der Waals surface area contributed by atoms with Crippen molar-refractivity contribution in [3.63, 3.8) is 0 Å². The Morgan fingerprint density at radius 2 is 2.00 bits per heavy atom. The summed E-state index contributed by atoms with van der Waals surface area (Å²) < 4.78 is 10.2. The lowest BCUT2D eigenvalue weighted by atomic mass is 10.1. The molecule has 1 aliphatic heterocycles. The number of rotatable bonds is 7. The number of hydrogen-bond acceptors (Lipinski definition) is 5. The quantitative estimate of drug-likeness (QED) is 0.385. The molecular weight excluding hydrogens is 250 g/mol. The molecule has 108 valence electrons. The van der Waals surface area contributed by atoms with Crippen LogP contribution in [-0.4, -0.2) is 49.0 Å². The number of carbonyl (C=O) groups is 3. The summed E-state index contributed by atoms with van der Waals surface area (Å²) in [5, 5.41) is 0. The third-order valence-electron chi connectivity index (χ3n) is 2.87. The van der Waals surface area contributed by atoms with Gasteiger partial charge in [0, 0.05) is 12.3 Å². The van der Waals surface area contributed by atoms with Crippen LogP contribution in [0.25, 0.3) is 0 Å². The van der Waals surface area contributed by atoms with Crippen molar-refractivity contribution in [2.45, 2.75) is 27.2 Å². The zero-order valence-electron chi connectivity index (χ0n) is 11.7. The molecule has 0 radical (unpaired) electrons. The highest BCUT2D eigenvalue weighted by Crippen LogP contribution is 2.17. The van der Waals surface area contributed by atoms with Crippen molar-refractivity contribution < 1.29 is 23.9 Å². The molecule has 19 heavy (non-hydrogen) atoms. The maximum Gasteiger partial charge on any atom is 0.308 e. The van der Waals surface area contributed by atoms with Crippen molar-refractivity contribution in [2.75, 3.05) is 26.4 Å². The molecule has 0 aromatic carbocycles. The van der Waals surface area contributed by atoms with Gasteiger partial charge in [0.25, 0.3) is 0 Å². The van der Waals surface area contributed by atoms with E-state index in [-0.39, 0.29) is 62.4 Å². The van der Waals surface area contributed by atoms with Crippen molar-refractivity contribution in [2.24, 2.45) is 11.8 Å². The molecule has 0 aromatic heterocycles. The number of amides is 2. The molecule has 2 amide bonds. The molecule has 1 rings (SSSR count). The molecule has 1 unspecified atom stereocenters. The fraction of sp³-hybridized carbons (Fsp3) is 0.769. The van der Waals surface area contributed by atoms with Crippen LogP contribution in [0.4, 0.5) is 0 Å². The Hall–Kier alpha value is -1.43. The van der Waals surface area contributed by atoms with E-state index in [0.29, 0.717) is 0 Å². The van der Waals surface area contributed by atoms with Gasteiger partial charge < -0.3 is 9.47 Å². The van der Waals surface area contributed by atoms with Gasteiger partial charge in [-0.1, -0.05) is 20.8 Å². The minimum atomic E-state index is -0.262. The van der Waals surface area contributed by atoms with E-state index in [0.717, 1.165) is 0 Å². The Morgan fingerprint density at radius 1 is 1.32 bits per heavy atom. The van der Waals surface area contributed by atoms with E-state index in [2.05, 4.69) is 0 Å². The highest BCUT2D eigenvalue weighted by atomic mass is 16.6. The molecule has 1 atom stereocenters. The lowest BCUT2D eigenvalue weighted by Crippen LogP contribution is -2.33. The van der Waals surface area contributed by atoms with Gasteiger partial charge in [0.15, 0.2) is 0 Å². The fourth-order valence-electron chi connectivity index (χ4n) is 1.71. The molecule has 1 heterocycles. The number of ether oxygens (including phenoxy) is 2. The molecule has 0 bridgehead atoms. The summed E-state index contributed by atoms with van der Waals surface area (Å²) in [5.41, 5.74) is 0. The van der Waals surface area contributed by atoms with Gasteiger partial charge in [-0.2, -0.15) is 0 Å². The number of nitrogens with zero attached hydrogens (tertiary/aromatic N) is 1. The van der Waals surface area contributed by atoms with Crippen LogP contribution in [-0.2, 0) is 23.9 Å². The second-order valence-corrected chi connectivity index (χ2v) is 4.92.